The molecule has 0 unspecified atom stereocenters. The van der Waals surface area contributed by atoms with Crippen LogP contribution in [0.15, 0.2) is 54.9 Å². The Morgan fingerprint density at radius 2 is 2.16 bits per heavy atom. The summed E-state index contributed by atoms with van der Waals surface area (Å²) in [6.07, 6.45) is 7.00. The van der Waals surface area contributed by atoms with Crippen LogP contribution in [0.1, 0.15) is 11.1 Å². The van der Waals surface area contributed by atoms with E-state index in [9.17, 15) is 9.18 Å². The minimum Gasteiger partial charge on any atom is -0.348 e. The number of hydrogen-bond donors (Lipinski definition) is 3. The predicted molar refractivity (Wildman–Crippen MR) is 96.2 cm³/mol. The van der Waals surface area contributed by atoms with Gasteiger partial charge >= 0.3 is 0 Å². The summed E-state index contributed by atoms with van der Waals surface area (Å²) >= 11 is 0. The molecule has 1 amide bonds. The molecule has 0 saturated heterocycles. The van der Waals surface area contributed by atoms with E-state index in [2.05, 4.69) is 15.3 Å². The average molecular weight is 338 g/mol. The summed E-state index contributed by atoms with van der Waals surface area (Å²) in [6.45, 7) is 0.227. The van der Waals surface area contributed by atoms with Crippen molar-refractivity contribution in [2.75, 3.05) is 6.54 Å². The van der Waals surface area contributed by atoms with Gasteiger partial charge < -0.3 is 16.0 Å². The lowest BCUT2D eigenvalue weighted by molar-refractivity contribution is -0.117. The molecule has 2 aromatic heterocycles. The Labute approximate surface area is 144 Å². The number of pyridine rings is 1. The number of rotatable bonds is 6. The number of carbonyl (C=O) groups is 1. The van der Waals surface area contributed by atoms with E-state index in [0.29, 0.717) is 12.0 Å². The second-order valence-electron chi connectivity index (χ2n) is 5.71. The molecule has 128 valence electrons. The third kappa shape index (κ3) is 4.10. The summed E-state index contributed by atoms with van der Waals surface area (Å²) in [6, 6.07) is 9.92. The Balaban J connectivity index is 1.65. The van der Waals surface area contributed by atoms with Crippen LogP contribution >= 0.6 is 0 Å². The zero-order valence-corrected chi connectivity index (χ0v) is 13.6. The number of fused-ring (bicyclic) bond motifs is 1. The van der Waals surface area contributed by atoms with E-state index in [0.717, 1.165) is 16.6 Å². The number of benzene rings is 1. The van der Waals surface area contributed by atoms with Gasteiger partial charge in [-0.15, -0.1) is 0 Å². The lowest BCUT2D eigenvalue weighted by Crippen LogP contribution is -2.41. The number of carbonyl (C=O) groups excluding carboxylic acids is 1. The molecule has 0 aliphatic carbocycles. The number of nitrogens with zero attached hydrogens (tertiary/aromatic N) is 1. The molecule has 0 radical (unpaired) electrons. The molecule has 3 aromatic rings. The fourth-order valence-electron chi connectivity index (χ4n) is 2.65. The van der Waals surface area contributed by atoms with Crippen molar-refractivity contribution in [1.29, 1.82) is 0 Å². The maximum Gasteiger partial charge on any atom is 0.244 e. The van der Waals surface area contributed by atoms with Crippen LogP contribution in [0.4, 0.5) is 4.39 Å². The Kier molecular flexibility index (Phi) is 5.20. The number of amides is 1. The summed E-state index contributed by atoms with van der Waals surface area (Å²) in [4.78, 5) is 19.4. The second kappa shape index (κ2) is 7.72. The smallest absolute Gasteiger partial charge is 0.244 e. The molecule has 0 bridgehead atoms. The molecule has 6 heteroatoms. The van der Waals surface area contributed by atoms with Crippen LogP contribution < -0.4 is 11.1 Å². The number of nitrogens with two attached hydrogens (primary N) is 1. The van der Waals surface area contributed by atoms with Gasteiger partial charge in [0.1, 0.15) is 11.5 Å². The van der Waals surface area contributed by atoms with Crippen LogP contribution in [0.5, 0.6) is 0 Å². The first-order chi connectivity index (χ1) is 12.2. The SMILES string of the molecule is NC[C@H](Cc1ccccc1F)NC(=O)/C=C/c1c[nH]c2ncccc12. The molecule has 25 heavy (non-hydrogen) atoms. The van der Waals surface area contributed by atoms with Crippen molar-refractivity contribution in [2.24, 2.45) is 5.73 Å². The van der Waals surface area contributed by atoms with Crippen molar-refractivity contribution in [2.45, 2.75) is 12.5 Å². The van der Waals surface area contributed by atoms with Crippen LogP contribution in [-0.2, 0) is 11.2 Å². The first-order valence-electron chi connectivity index (χ1n) is 8.01. The first-order valence-corrected chi connectivity index (χ1v) is 8.01. The minimum absolute atomic E-state index is 0.227. The number of aromatic amines is 1. The standard InChI is InChI=1S/C19H19FN4O/c20-17-6-2-1-4-13(17)10-15(11-21)24-18(25)8-7-14-12-23-19-16(14)5-3-9-22-19/h1-9,12,15H,10-11,21H2,(H,22,23)(H,24,25)/b8-7+/t15-/m0/s1. The van der Waals surface area contributed by atoms with Gasteiger partial charge in [0, 0.05) is 42.0 Å². The molecular formula is C19H19FN4O. The summed E-state index contributed by atoms with van der Waals surface area (Å²) < 4.78 is 13.7. The largest absolute Gasteiger partial charge is 0.348 e. The van der Waals surface area contributed by atoms with E-state index in [-0.39, 0.29) is 24.3 Å². The maximum atomic E-state index is 13.7. The van der Waals surface area contributed by atoms with Gasteiger partial charge in [-0.25, -0.2) is 9.37 Å². The molecule has 5 nitrogen and oxygen atoms in total. The molecule has 1 atom stereocenters. The van der Waals surface area contributed by atoms with Gasteiger partial charge in [0.05, 0.1) is 0 Å². The monoisotopic (exact) mass is 338 g/mol. The Hall–Kier alpha value is -2.99. The number of H-pyrrole nitrogens is 1. The molecular weight excluding hydrogens is 319 g/mol. The number of nitrogens with one attached hydrogen (secondary N) is 2. The van der Waals surface area contributed by atoms with Gasteiger partial charge in [-0.2, -0.15) is 0 Å². The van der Waals surface area contributed by atoms with Crippen LogP contribution in [-0.4, -0.2) is 28.5 Å². The maximum absolute atomic E-state index is 13.7. The molecule has 0 aliphatic heterocycles. The van der Waals surface area contributed by atoms with Crippen LogP contribution in [0.3, 0.4) is 0 Å². The molecule has 0 aliphatic rings. The summed E-state index contributed by atoms with van der Waals surface area (Å²) in [5.41, 5.74) is 7.88. The number of hydrogen-bond acceptors (Lipinski definition) is 3. The second-order valence-corrected chi connectivity index (χ2v) is 5.71. The molecule has 4 N–H and O–H groups in total. The highest BCUT2D eigenvalue weighted by atomic mass is 19.1. The third-order valence-electron chi connectivity index (χ3n) is 3.95. The van der Waals surface area contributed by atoms with Gasteiger partial charge in [-0.05, 0) is 36.3 Å². The highest BCUT2D eigenvalue weighted by molar-refractivity contribution is 5.95. The lowest BCUT2D eigenvalue weighted by Gasteiger charge is -2.16. The highest BCUT2D eigenvalue weighted by Gasteiger charge is 2.12. The van der Waals surface area contributed by atoms with Crippen LogP contribution in [0, 0.1) is 5.82 Å². The van der Waals surface area contributed by atoms with E-state index in [1.54, 1.807) is 36.7 Å². The topological polar surface area (TPSA) is 83.8 Å². The van der Waals surface area contributed by atoms with Crippen molar-refractivity contribution in [3.8, 4) is 0 Å². The minimum atomic E-state index is -0.335. The molecule has 1 aromatic carbocycles. The van der Waals surface area contributed by atoms with Crippen molar-refractivity contribution in [3.05, 3.63) is 71.8 Å². The summed E-state index contributed by atoms with van der Waals surface area (Å²) in [5, 5.41) is 3.75. The average Bonchev–Trinajstić information content (AvgIpc) is 3.04. The first kappa shape index (κ1) is 16.9. The van der Waals surface area contributed by atoms with Gasteiger partial charge in [-0.3, -0.25) is 4.79 Å². The van der Waals surface area contributed by atoms with E-state index in [1.807, 2.05) is 12.1 Å². The lowest BCUT2D eigenvalue weighted by atomic mass is 10.1. The van der Waals surface area contributed by atoms with E-state index in [1.165, 1.54) is 12.1 Å². The zero-order valence-electron chi connectivity index (χ0n) is 13.6. The molecule has 0 spiro atoms. The van der Waals surface area contributed by atoms with Crippen molar-refractivity contribution >= 4 is 23.0 Å². The van der Waals surface area contributed by atoms with E-state index >= 15 is 0 Å². The van der Waals surface area contributed by atoms with Crippen molar-refractivity contribution in [3.63, 3.8) is 0 Å². The van der Waals surface area contributed by atoms with Gasteiger partial charge in [-0.1, -0.05) is 18.2 Å². The fourth-order valence-corrected chi connectivity index (χ4v) is 2.65. The number of halogens is 1. The molecule has 3 rings (SSSR count). The number of aromatic nitrogens is 2. The van der Waals surface area contributed by atoms with Gasteiger partial charge in [0.15, 0.2) is 0 Å². The quantitative estimate of drug-likeness (QED) is 0.604. The van der Waals surface area contributed by atoms with E-state index < -0.39 is 0 Å². The van der Waals surface area contributed by atoms with E-state index in [4.69, 9.17) is 5.73 Å². The molecule has 0 saturated carbocycles. The fraction of sp³-hybridized carbons (Fsp3) is 0.158. The predicted octanol–water partition coefficient (Wildman–Crippen LogP) is 2.40. The van der Waals surface area contributed by atoms with Gasteiger partial charge in [0.25, 0.3) is 0 Å². The normalized spacial score (nSPS) is 12.6. The summed E-state index contributed by atoms with van der Waals surface area (Å²) in [7, 11) is 0. The van der Waals surface area contributed by atoms with Crippen molar-refractivity contribution < 1.29 is 9.18 Å². The van der Waals surface area contributed by atoms with Gasteiger partial charge in [0.2, 0.25) is 5.91 Å². The zero-order chi connectivity index (χ0) is 17.6. The Bertz CT molecular complexity index is 903. The third-order valence-corrected chi connectivity index (χ3v) is 3.95. The molecule has 2 heterocycles. The molecule has 0 fully saturated rings. The van der Waals surface area contributed by atoms with Crippen LogP contribution in [0.25, 0.3) is 17.1 Å². The Morgan fingerprint density at radius 1 is 1.32 bits per heavy atom. The van der Waals surface area contributed by atoms with Crippen molar-refractivity contribution in [1.82, 2.24) is 15.3 Å². The summed E-state index contributed by atoms with van der Waals surface area (Å²) in [5.74, 6) is -0.568. The Morgan fingerprint density at radius 3 is 2.96 bits per heavy atom. The highest BCUT2D eigenvalue weighted by Crippen LogP contribution is 2.16. The van der Waals surface area contributed by atoms with Crippen LogP contribution in [0.2, 0.25) is 0 Å².